The predicted octanol–water partition coefficient (Wildman–Crippen LogP) is 5.61. The van der Waals surface area contributed by atoms with Crippen molar-refractivity contribution in [2.45, 2.75) is 63.7 Å². The molecule has 4 nitrogen and oxygen atoms in total. The highest BCUT2D eigenvalue weighted by Crippen LogP contribution is 2.39. The molecule has 2 saturated carbocycles. The van der Waals surface area contributed by atoms with E-state index in [1.54, 1.807) is 0 Å². The Morgan fingerprint density at radius 2 is 1.93 bits per heavy atom. The molecule has 0 saturated heterocycles. The molecule has 2 fully saturated rings. The summed E-state index contributed by atoms with van der Waals surface area (Å²) < 4.78 is 57.0. The van der Waals surface area contributed by atoms with Gasteiger partial charge in [0.25, 0.3) is 11.8 Å². The number of imidazole rings is 1. The van der Waals surface area contributed by atoms with Crippen LogP contribution in [0, 0.1) is 11.8 Å². The first-order valence-corrected chi connectivity index (χ1v) is 10.7. The Morgan fingerprint density at radius 1 is 1.27 bits per heavy atom. The lowest BCUT2D eigenvalue weighted by atomic mass is 9.83. The maximum absolute atomic E-state index is 14.3. The first kappa shape index (κ1) is 21.4. The molecule has 0 radical (unpaired) electrons. The fourth-order valence-corrected chi connectivity index (χ4v) is 4.30. The summed E-state index contributed by atoms with van der Waals surface area (Å²) in [7, 11) is 0. The average Bonchev–Trinajstić information content (AvgIpc) is 3.42. The molecule has 2 aromatic rings. The molecule has 0 bridgehead atoms. The number of pyridine rings is 1. The Hall–Kier alpha value is -1.83. The van der Waals surface area contributed by atoms with E-state index < -0.39 is 17.5 Å². The van der Waals surface area contributed by atoms with Crippen molar-refractivity contribution in [1.29, 1.82) is 0 Å². The van der Waals surface area contributed by atoms with Crippen molar-refractivity contribution in [3.05, 3.63) is 34.2 Å². The molecule has 0 aliphatic heterocycles. The molecule has 2 aromatic heterocycles. The maximum atomic E-state index is 14.3. The quantitative estimate of drug-likeness (QED) is 0.588. The first-order valence-electron chi connectivity index (χ1n) is 10.3. The second-order valence-corrected chi connectivity index (χ2v) is 9.12. The zero-order valence-electron chi connectivity index (χ0n) is 16.7. The third kappa shape index (κ3) is 4.58. The number of carbonyl (C=O) groups excluding carboxylic acids is 1. The third-order valence-electron chi connectivity index (χ3n) is 6.04. The summed E-state index contributed by atoms with van der Waals surface area (Å²) in [6, 6.07) is 1.42. The van der Waals surface area contributed by atoms with E-state index in [-0.39, 0.29) is 65.9 Å². The lowest BCUT2D eigenvalue weighted by Gasteiger charge is -2.28. The van der Waals surface area contributed by atoms with Crippen LogP contribution in [-0.2, 0) is 12.3 Å². The summed E-state index contributed by atoms with van der Waals surface area (Å²) >= 11 is 6.31. The van der Waals surface area contributed by atoms with Crippen molar-refractivity contribution in [2.75, 3.05) is 6.54 Å². The molecular weight excluding hydrogens is 422 g/mol. The van der Waals surface area contributed by atoms with Gasteiger partial charge in [-0.2, -0.15) is 8.78 Å². The molecule has 2 heterocycles. The van der Waals surface area contributed by atoms with Gasteiger partial charge in [-0.25, -0.2) is 13.8 Å². The van der Waals surface area contributed by atoms with Gasteiger partial charge in [0, 0.05) is 32.5 Å². The Kier molecular flexibility index (Phi) is 5.49. The highest BCUT2D eigenvalue weighted by Gasteiger charge is 2.38. The number of nitrogens with one attached hydrogen (secondary N) is 1. The van der Waals surface area contributed by atoms with Crippen LogP contribution in [0.5, 0.6) is 0 Å². The first-order chi connectivity index (χ1) is 14.0. The molecule has 1 amide bonds. The van der Waals surface area contributed by atoms with E-state index in [2.05, 4.69) is 10.3 Å². The van der Waals surface area contributed by atoms with Crippen LogP contribution in [0.25, 0.3) is 5.65 Å². The fraction of sp³-hybridized carbons (Fsp3) is 0.619. The average molecular weight is 446 g/mol. The molecule has 2 aliphatic rings. The Bertz CT molecular complexity index is 955. The molecule has 2 aliphatic carbocycles. The minimum atomic E-state index is -3.21. The van der Waals surface area contributed by atoms with Crippen molar-refractivity contribution < 1.29 is 22.4 Å². The number of carbonyl (C=O) groups is 1. The fourth-order valence-electron chi connectivity index (χ4n) is 4.06. The van der Waals surface area contributed by atoms with E-state index in [0.717, 1.165) is 19.8 Å². The van der Waals surface area contributed by atoms with Gasteiger partial charge in [-0.1, -0.05) is 11.6 Å². The number of amides is 1. The van der Waals surface area contributed by atoms with Crippen molar-refractivity contribution in [2.24, 2.45) is 11.8 Å². The number of nitrogens with zero attached hydrogens (tertiary/aromatic N) is 2. The summed E-state index contributed by atoms with van der Waals surface area (Å²) in [5.41, 5.74) is 0.249. The minimum absolute atomic E-state index is 0.133. The predicted molar refractivity (Wildman–Crippen MR) is 105 cm³/mol. The summed E-state index contributed by atoms with van der Waals surface area (Å²) in [5, 5.41) is 2.95. The highest BCUT2D eigenvalue weighted by atomic mass is 35.5. The van der Waals surface area contributed by atoms with Gasteiger partial charge in [-0.15, -0.1) is 0 Å². The number of alkyl halides is 4. The van der Waals surface area contributed by atoms with Gasteiger partial charge in [-0.05, 0) is 50.0 Å². The van der Waals surface area contributed by atoms with Crippen LogP contribution in [0.4, 0.5) is 17.6 Å². The van der Waals surface area contributed by atoms with E-state index in [9.17, 15) is 22.4 Å². The number of fused-ring (bicyclic) bond motifs is 1. The van der Waals surface area contributed by atoms with Crippen molar-refractivity contribution >= 4 is 23.2 Å². The summed E-state index contributed by atoms with van der Waals surface area (Å²) in [5.74, 6) is -5.90. The normalized spacial score (nSPS) is 19.9. The Balaban J connectivity index is 1.65. The number of rotatable bonds is 6. The zero-order chi connectivity index (χ0) is 21.7. The summed E-state index contributed by atoms with van der Waals surface area (Å²) in [6.45, 7) is 1.32. The lowest BCUT2D eigenvalue weighted by molar-refractivity contribution is -0.0460. The van der Waals surface area contributed by atoms with Crippen molar-refractivity contribution in [3.8, 4) is 0 Å². The SMILES string of the molecule is CC(F)(F)c1nc2cc(C(=O)NCC3CC3)c(Cl)cn2c1CC1CCC(F)(F)CC1. The molecule has 1 N–H and O–H groups in total. The van der Waals surface area contributed by atoms with Crippen LogP contribution < -0.4 is 5.32 Å². The Labute approximate surface area is 177 Å². The number of halogens is 5. The number of hydrogen-bond donors (Lipinski definition) is 1. The number of aromatic nitrogens is 2. The largest absolute Gasteiger partial charge is 0.352 e. The van der Waals surface area contributed by atoms with Crippen molar-refractivity contribution in [1.82, 2.24) is 14.7 Å². The lowest BCUT2D eigenvalue weighted by Crippen LogP contribution is -2.26. The van der Waals surface area contributed by atoms with E-state index in [4.69, 9.17) is 11.6 Å². The summed E-state index contributed by atoms with van der Waals surface area (Å²) in [6.07, 6.45) is 3.86. The van der Waals surface area contributed by atoms with E-state index in [1.807, 2.05) is 0 Å². The molecule has 4 rings (SSSR count). The van der Waals surface area contributed by atoms with E-state index >= 15 is 0 Å². The zero-order valence-corrected chi connectivity index (χ0v) is 17.4. The van der Waals surface area contributed by atoms with Crippen LogP contribution in [0.1, 0.15) is 67.2 Å². The van der Waals surface area contributed by atoms with Crippen LogP contribution in [0.15, 0.2) is 12.3 Å². The van der Waals surface area contributed by atoms with E-state index in [1.165, 1.54) is 16.7 Å². The third-order valence-corrected chi connectivity index (χ3v) is 6.34. The van der Waals surface area contributed by atoms with Gasteiger partial charge >= 0.3 is 0 Å². The van der Waals surface area contributed by atoms with Gasteiger partial charge < -0.3 is 9.72 Å². The van der Waals surface area contributed by atoms with Crippen LogP contribution >= 0.6 is 11.6 Å². The monoisotopic (exact) mass is 445 g/mol. The second kappa shape index (κ2) is 7.70. The molecule has 0 atom stereocenters. The smallest absolute Gasteiger partial charge is 0.288 e. The van der Waals surface area contributed by atoms with Gasteiger partial charge in [-0.3, -0.25) is 4.79 Å². The van der Waals surface area contributed by atoms with Crippen LogP contribution in [0.2, 0.25) is 5.02 Å². The van der Waals surface area contributed by atoms with Gasteiger partial charge in [0.15, 0.2) is 0 Å². The molecule has 9 heteroatoms. The highest BCUT2D eigenvalue weighted by molar-refractivity contribution is 6.33. The molecular formula is C21H24ClF4N3O. The molecule has 30 heavy (non-hydrogen) atoms. The van der Waals surface area contributed by atoms with Gasteiger partial charge in [0.2, 0.25) is 5.92 Å². The molecule has 164 valence electrons. The Morgan fingerprint density at radius 3 is 2.53 bits per heavy atom. The molecule has 0 aromatic carbocycles. The topological polar surface area (TPSA) is 46.4 Å². The minimum Gasteiger partial charge on any atom is -0.352 e. The van der Waals surface area contributed by atoms with Crippen molar-refractivity contribution in [3.63, 3.8) is 0 Å². The standard InChI is InChI=1S/C21H24ClF4N3O/c1-20(23,24)18-16(8-12-4-6-21(25,26)7-5-12)29-11-15(22)14(9-17(29)28-18)19(30)27-10-13-2-3-13/h9,11-13H,2-8,10H2,1H3,(H,27,30). The van der Waals surface area contributed by atoms with Gasteiger partial charge in [0.1, 0.15) is 11.3 Å². The molecule has 0 unspecified atom stereocenters. The number of hydrogen-bond acceptors (Lipinski definition) is 2. The van der Waals surface area contributed by atoms with Crippen LogP contribution in [-0.4, -0.2) is 27.8 Å². The summed E-state index contributed by atoms with van der Waals surface area (Å²) in [4.78, 5) is 16.6. The molecule has 0 spiro atoms. The maximum Gasteiger partial charge on any atom is 0.288 e. The van der Waals surface area contributed by atoms with Crippen LogP contribution in [0.3, 0.4) is 0 Å². The van der Waals surface area contributed by atoms with E-state index in [0.29, 0.717) is 12.5 Å². The second-order valence-electron chi connectivity index (χ2n) is 8.72. The van der Waals surface area contributed by atoms with Gasteiger partial charge in [0.05, 0.1) is 16.3 Å².